The molecule has 6 heteroatoms. The van der Waals surface area contributed by atoms with Gasteiger partial charge in [0.15, 0.2) is 0 Å². The molecule has 1 N–H and O–H groups in total. The summed E-state index contributed by atoms with van der Waals surface area (Å²) in [6, 6.07) is 17.0. The largest absolute Gasteiger partial charge is 0.507 e. The Kier molecular flexibility index (Phi) is 5.53. The summed E-state index contributed by atoms with van der Waals surface area (Å²) >= 11 is 0. The van der Waals surface area contributed by atoms with Crippen molar-refractivity contribution < 1.29 is 23.8 Å². The third kappa shape index (κ3) is 3.64. The molecule has 1 heterocycles. The van der Waals surface area contributed by atoms with Gasteiger partial charge in [-0.05, 0) is 61.4 Å². The Morgan fingerprint density at radius 3 is 2.41 bits per heavy atom. The number of halogens is 1. The van der Waals surface area contributed by atoms with Crippen molar-refractivity contribution in [2.24, 2.45) is 0 Å². The van der Waals surface area contributed by atoms with Crippen molar-refractivity contribution in [1.82, 2.24) is 0 Å². The van der Waals surface area contributed by atoms with Gasteiger partial charge in [0.1, 0.15) is 17.3 Å². The summed E-state index contributed by atoms with van der Waals surface area (Å²) in [7, 11) is 1.54. The van der Waals surface area contributed by atoms with E-state index in [1.807, 2.05) is 25.1 Å². The van der Waals surface area contributed by atoms with Gasteiger partial charge in [-0.15, -0.1) is 0 Å². The van der Waals surface area contributed by atoms with Crippen molar-refractivity contribution in [1.29, 1.82) is 0 Å². The quantitative estimate of drug-likeness (QED) is 0.356. The molecule has 0 radical (unpaired) electrons. The van der Waals surface area contributed by atoms with Gasteiger partial charge < -0.3 is 9.84 Å². The topological polar surface area (TPSA) is 66.8 Å². The highest BCUT2D eigenvalue weighted by atomic mass is 19.1. The fourth-order valence-corrected chi connectivity index (χ4v) is 4.05. The van der Waals surface area contributed by atoms with Gasteiger partial charge in [-0.2, -0.15) is 0 Å². The first kappa shape index (κ1) is 21.3. The number of ketones is 1. The molecule has 0 aromatic heterocycles. The number of amides is 1. The first-order valence-electron chi connectivity index (χ1n) is 10.1. The lowest BCUT2D eigenvalue weighted by atomic mass is 9.93. The van der Waals surface area contributed by atoms with Crippen LogP contribution in [0.1, 0.15) is 28.3 Å². The smallest absolute Gasteiger partial charge is 0.300 e. The summed E-state index contributed by atoms with van der Waals surface area (Å²) < 4.78 is 19.2. The molecule has 0 bridgehead atoms. The molecule has 162 valence electrons. The minimum atomic E-state index is -0.904. The molecule has 1 amide bonds. The minimum absolute atomic E-state index is 0.0434. The van der Waals surface area contributed by atoms with Crippen LogP contribution in [0.2, 0.25) is 0 Å². The Morgan fingerprint density at radius 2 is 1.75 bits per heavy atom. The molecule has 0 saturated carbocycles. The first-order valence-corrected chi connectivity index (χ1v) is 10.1. The molecule has 1 fully saturated rings. The maximum Gasteiger partial charge on any atom is 0.300 e. The third-order valence-corrected chi connectivity index (χ3v) is 5.58. The number of hydrogen-bond donors (Lipinski definition) is 1. The molecule has 5 nitrogen and oxygen atoms in total. The average Bonchev–Trinajstić information content (AvgIpc) is 3.04. The number of carbonyl (C=O) groups is 2. The van der Waals surface area contributed by atoms with Gasteiger partial charge in [-0.3, -0.25) is 14.5 Å². The van der Waals surface area contributed by atoms with E-state index in [1.54, 1.807) is 37.3 Å². The van der Waals surface area contributed by atoms with Gasteiger partial charge >= 0.3 is 0 Å². The molecule has 3 aromatic rings. The van der Waals surface area contributed by atoms with Crippen LogP contribution in [0.25, 0.3) is 5.76 Å². The van der Waals surface area contributed by atoms with Crippen molar-refractivity contribution in [3.05, 3.63) is 100 Å². The molecule has 1 aliphatic rings. The first-order chi connectivity index (χ1) is 15.3. The number of aryl methyl sites for hydroxylation is 2. The number of carbonyl (C=O) groups excluding carboxylic acids is 2. The third-order valence-electron chi connectivity index (χ3n) is 5.58. The Morgan fingerprint density at radius 1 is 1.00 bits per heavy atom. The van der Waals surface area contributed by atoms with E-state index >= 15 is 0 Å². The number of aliphatic hydroxyl groups is 1. The zero-order valence-corrected chi connectivity index (χ0v) is 17.9. The second kappa shape index (κ2) is 8.30. The number of aliphatic hydroxyl groups excluding tert-OH is 1. The molecule has 1 unspecified atom stereocenters. The van der Waals surface area contributed by atoms with Crippen LogP contribution in [-0.4, -0.2) is 23.9 Å². The van der Waals surface area contributed by atoms with E-state index in [1.165, 1.54) is 30.2 Å². The van der Waals surface area contributed by atoms with Crippen LogP contribution in [0.4, 0.5) is 10.1 Å². The molecule has 0 aliphatic carbocycles. The second-order valence-corrected chi connectivity index (χ2v) is 7.74. The van der Waals surface area contributed by atoms with Gasteiger partial charge in [0.2, 0.25) is 0 Å². The highest BCUT2D eigenvalue weighted by molar-refractivity contribution is 6.51. The normalized spacial score (nSPS) is 17.6. The Bertz CT molecular complexity index is 1260. The van der Waals surface area contributed by atoms with E-state index in [0.29, 0.717) is 22.4 Å². The Hall–Kier alpha value is -3.93. The van der Waals surface area contributed by atoms with E-state index in [-0.39, 0.29) is 17.0 Å². The molecular weight excluding hydrogens is 409 g/mol. The molecule has 1 aliphatic heterocycles. The number of rotatable bonds is 4. The van der Waals surface area contributed by atoms with Crippen molar-refractivity contribution in [2.45, 2.75) is 19.9 Å². The number of methoxy groups -OCH3 is 1. The van der Waals surface area contributed by atoms with Crippen LogP contribution >= 0.6 is 0 Å². The molecule has 0 spiro atoms. The van der Waals surface area contributed by atoms with E-state index in [4.69, 9.17) is 4.74 Å². The number of hydrogen-bond acceptors (Lipinski definition) is 4. The number of anilines is 1. The SMILES string of the molecule is COc1ccc(/C(O)=C2/C(=O)C(=O)N(c3cccc(F)c3)C2c2cccc(C)c2)c(C)c1. The minimum Gasteiger partial charge on any atom is -0.507 e. The number of ether oxygens (including phenoxy) is 1. The van der Waals surface area contributed by atoms with Gasteiger partial charge in [-0.25, -0.2) is 4.39 Å². The summed E-state index contributed by atoms with van der Waals surface area (Å²) in [4.78, 5) is 27.5. The zero-order chi connectivity index (χ0) is 23.0. The fourth-order valence-electron chi connectivity index (χ4n) is 4.05. The number of Topliss-reactive ketones (excluding diaryl/α,β-unsaturated/α-hetero) is 1. The van der Waals surface area contributed by atoms with Crippen LogP contribution in [-0.2, 0) is 9.59 Å². The summed E-state index contributed by atoms with van der Waals surface area (Å²) in [6.45, 7) is 3.67. The lowest BCUT2D eigenvalue weighted by molar-refractivity contribution is -0.132. The van der Waals surface area contributed by atoms with Crippen LogP contribution in [0.5, 0.6) is 5.75 Å². The van der Waals surface area contributed by atoms with Crippen molar-refractivity contribution in [3.8, 4) is 5.75 Å². The van der Waals surface area contributed by atoms with E-state index in [9.17, 15) is 19.1 Å². The van der Waals surface area contributed by atoms with Gasteiger partial charge in [0, 0.05) is 11.3 Å². The van der Waals surface area contributed by atoms with Crippen LogP contribution in [0.15, 0.2) is 72.3 Å². The molecule has 1 saturated heterocycles. The predicted octanol–water partition coefficient (Wildman–Crippen LogP) is 5.08. The molecular formula is C26H22FNO4. The average molecular weight is 431 g/mol. The Labute approximate surface area is 185 Å². The van der Waals surface area contributed by atoms with Crippen molar-refractivity contribution in [3.63, 3.8) is 0 Å². The second-order valence-electron chi connectivity index (χ2n) is 7.74. The summed E-state index contributed by atoms with van der Waals surface area (Å²) in [5.74, 6) is -1.86. The number of benzene rings is 3. The Balaban J connectivity index is 1.97. The van der Waals surface area contributed by atoms with Gasteiger partial charge in [0.25, 0.3) is 11.7 Å². The molecule has 1 atom stereocenters. The summed E-state index contributed by atoms with van der Waals surface area (Å²) in [6.07, 6.45) is 0. The summed E-state index contributed by atoms with van der Waals surface area (Å²) in [5.41, 5.74) is 2.86. The zero-order valence-electron chi connectivity index (χ0n) is 17.9. The van der Waals surface area contributed by atoms with Gasteiger partial charge in [0.05, 0.1) is 18.7 Å². The monoisotopic (exact) mass is 431 g/mol. The maximum atomic E-state index is 14.0. The van der Waals surface area contributed by atoms with Crippen LogP contribution in [0.3, 0.4) is 0 Å². The highest BCUT2D eigenvalue weighted by Gasteiger charge is 2.47. The molecule has 32 heavy (non-hydrogen) atoms. The number of nitrogens with zero attached hydrogens (tertiary/aromatic N) is 1. The summed E-state index contributed by atoms with van der Waals surface area (Å²) in [5, 5.41) is 11.2. The standard InChI is InChI=1S/C26H22FNO4/c1-15-6-4-7-17(12-15)23-22(24(29)21-11-10-20(32-3)13-16(21)2)25(30)26(31)28(23)19-9-5-8-18(27)14-19/h4-14,23,29H,1-3H3/b24-22-. The fraction of sp³-hybridized carbons (Fsp3) is 0.154. The van der Waals surface area contributed by atoms with Crippen molar-refractivity contribution >= 4 is 23.1 Å². The highest BCUT2D eigenvalue weighted by Crippen LogP contribution is 2.42. The molecule has 4 rings (SSSR count). The van der Waals surface area contributed by atoms with E-state index in [2.05, 4.69) is 0 Å². The van der Waals surface area contributed by atoms with E-state index < -0.39 is 23.5 Å². The van der Waals surface area contributed by atoms with E-state index in [0.717, 1.165) is 5.56 Å². The molecule has 3 aromatic carbocycles. The maximum absolute atomic E-state index is 14.0. The predicted molar refractivity (Wildman–Crippen MR) is 120 cm³/mol. The van der Waals surface area contributed by atoms with Crippen LogP contribution < -0.4 is 9.64 Å². The van der Waals surface area contributed by atoms with Gasteiger partial charge in [-0.1, -0.05) is 35.9 Å². The van der Waals surface area contributed by atoms with Crippen LogP contribution in [0, 0.1) is 19.7 Å². The van der Waals surface area contributed by atoms with Crippen molar-refractivity contribution in [2.75, 3.05) is 12.0 Å². The lowest BCUT2D eigenvalue weighted by Crippen LogP contribution is -2.29. The lowest BCUT2D eigenvalue weighted by Gasteiger charge is -2.26.